The molecule has 0 amide bonds. The minimum absolute atomic E-state index is 1.07. The molecule has 3 nitrogen and oxygen atoms in total. The minimum Gasteiger partial charge on any atom is -0.392 e. The van der Waals surface area contributed by atoms with Crippen LogP contribution in [0.3, 0.4) is 0 Å². The maximum absolute atomic E-state index is 3.12. The molecule has 94 valence electrons. The van der Waals surface area contributed by atoms with Gasteiger partial charge < -0.3 is 15.1 Å². The molecule has 0 saturated carbocycles. The fraction of sp³-hybridized carbons (Fsp3) is 0.692. The van der Waals surface area contributed by atoms with Crippen LogP contribution in [0.15, 0.2) is 23.5 Å². The first-order chi connectivity index (χ1) is 7.51. The van der Waals surface area contributed by atoms with Gasteiger partial charge in [0, 0.05) is 38.6 Å². The van der Waals surface area contributed by atoms with Crippen LogP contribution < -0.4 is 5.32 Å². The van der Waals surface area contributed by atoms with Gasteiger partial charge in [0.15, 0.2) is 0 Å². The monoisotopic (exact) mass is 225 g/mol. The minimum atomic E-state index is 1.07. The van der Waals surface area contributed by atoms with Crippen molar-refractivity contribution in [3.63, 3.8) is 0 Å². The predicted molar refractivity (Wildman–Crippen MR) is 72.4 cm³/mol. The summed E-state index contributed by atoms with van der Waals surface area (Å²) in [7, 11) is 8.31. The van der Waals surface area contributed by atoms with Gasteiger partial charge in [-0.3, -0.25) is 0 Å². The van der Waals surface area contributed by atoms with Crippen LogP contribution >= 0.6 is 0 Å². The highest BCUT2D eigenvalue weighted by atomic mass is 15.2. The van der Waals surface area contributed by atoms with E-state index in [1.54, 1.807) is 0 Å². The van der Waals surface area contributed by atoms with Crippen molar-refractivity contribution in [3.8, 4) is 0 Å². The molecule has 0 aliphatic carbocycles. The molecule has 0 unspecified atom stereocenters. The van der Waals surface area contributed by atoms with Crippen LogP contribution in [0.2, 0.25) is 0 Å². The standard InChI is InChI=1S/C13H27N3/c1-7-13(9-8-12(2)14-3)16(6)11-10-15(4)5/h8-9,14H,7,10-11H2,1-6H3/b12-8+,13-9+. The quantitative estimate of drug-likeness (QED) is 0.668. The van der Waals surface area contributed by atoms with Crippen molar-refractivity contribution in [2.24, 2.45) is 0 Å². The lowest BCUT2D eigenvalue weighted by Crippen LogP contribution is -2.28. The van der Waals surface area contributed by atoms with Crippen molar-refractivity contribution in [3.05, 3.63) is 23.5 Å². The molecular formula is C13H27N3. The zero-order valence-electron chi connectivity index (χ0n) is 11.7. The Morgan fingerprint density at radius 3 is 2.19 bits per heavy atom. The lowest BCUT2D eigenvalue weighted by atomic mass is 10.2. The zero-order chi connectivity index (χ0) is 12.6. The second-order valence-electron chi connectivity index (χ2n) is 4.34. The first kappa shape index (κ1) is 15.0. The molecule has 0 aromatic carbocycles. The average Bonchev–Trinajstić information content (AvgIpc) is 2.26. The van der Waals surface area contributed by atoms with Gasteiger partial charge in [0.1, 0.15) is 0 Å². The third-order valence-electron chi connectivity index (χ3n) is 2.66. The van der Waals surface area contributed by atoms with Crippen LogP contribution in [0.5, 0.6) is 0 Å². The third-order valence-corrected chi connectivity index (χ3v) is 2.66. The zero-order valence-corrected chi connectivity index (χ0v) is 11.7. The highest BCUT2D eigenvalue weighted by Crippen LogP contribution is 2.06. The predicted octanol–water partition coefficient (Wildman–Crippen LogP) is 1.90. The Hall–Kier alpha value is -0.960. The van der Waals surface area contributed by atoms with Gasteiger partial charge in [0.05, 0.1) is 0 Å². The molecule has 3 heteroatoms. The number of likely N-dealkylation sites (N-methyl/N-ethyl adjacent to an activating group) is 2. The Labute approximate surface area is 101 Å². The number of hydrogen-bond donors (Lipinski definition) is 1. The van der Waals surface area contributed by atoms with Crippen molar-refractivity contribution in [2.45, 2.75) is 20.3 Å². The summed E-state index contributed by atoms with van der Waals surface area (Å²) >= 11 is 0. The smallest absolute Gasteiger partial charge is 0.0299 e. The molecule has 0 spiro atoms. The number of nitrogens with zero attached hydrogens (tertiary/aromatic N) is 2. The van der Waals surface area contributed by atoms with Crippen molar-refractivity contribution in [2.75, 3.05) is 41.3 Å². The lowest BCUT2D eigenvalue weighted by molar-refractivity contribution is 0.321. The third kappa shape index (κ3) is 6.51. The van der Waals surface area contributed by atoms with Gasteiger partial charge >= 0.3 is 0 Å². The van der Waals surface area contributed by atoms with E-state index in [9.17, 15) is 0 Å². The molecule has 0 heterocycles. The molecule has 16 heavy (non-hydrogen) atoms. The summed E-state index contributed by atoms with van der Waals surface area (Å²) in [5.74, 6) is 0. The molecule has 0 aliphatic rings. The summed E-state index contributed by atoms with van der Waals surface area (Å²) in [6.07, 6.45) is 5.39. The fourth-order valence-corrected chi connectivity index (χ4v) is 1.31. The van der Waals surface area contributed by atoms with E-state index in [1.807, 2.05) is 7.05 Å². The van der Waals surface area contributed by atoms with Crippen molar-refractivity contribution in [1.29, 1.82) is 0 Å². The van der Waals surface area contributed by atoms with E-state index in [1.165, 1.54) is 11.4 Å². The fourth-order valence-electron chi connectivity index (χ4n) is 1.31. The van der Waals surface area contributed by atoms with Crippen LogP contribution in [0, 0.1) is 0 Å². The molecule has 0 radical (unpaired) electrons. The van der Waals surface area contributed by atoms with Crippen LogP contribution in [0.1, 0.15) is 20.3 Å². The van der Waals surface area contributed by atoms with E-state index in [-0.39, 0.29) is 0 Å². The van der Waals surface area contributed by atoms with Crippen molar-refractivity contribution in [1.82, 2.24) is 15.1 Å². The number of nitrogens with one attached hydrogen (secondary N) is 1. The van der Waals surface area contributed by atoms with Gasteiger partial charge in [-0.1, -0.05) is 6.92 Å². The van der Waals surface area contributed by atoms with E-state index in [4.69, 9.17) is 0 Å². The Morgan fingerprint density at radius 2 is 1.75 bits per heavy atom. The topological polar surface area (TPSA) is 18.5 Å². The first-order valence-electron chi connectivity index (χ1n) is 5.92. The van der Waals surface area contributed by atoms with Gasteiger partial charge in [0.2, 0.25) is 0 Å². The molecule has 0 aliphatic heterocycles. The van der Waals surface area contributed by atoms with Crippen LogP contribution in [-0.4, -0.2) is 51.1 Å². The second-order valence-corrected chi connectivity index (χ2v) is 4.34. The van der Waals surface area contributed by atoms with E-state index >= 15 is 0 Å². The summed E-state index contributed by atoms with van der Waals surface area (Å²) in [6.45, 7) is 6.42. The van der Waals surface area contributed by atoms with Gasteiger partial charge in [-0.05, 0) is 39.6 Å². The first-order valence-corrected chi connectivity index (χ1v) is 5.92. The van der Waals surface area contributed by atoms with Crippen molar-refractivity contribution < 1.29 is 0 Å². The van der Waals surface area contributed by atoms with Crippen LogP contribution in [-0.2, 0) is 0 Å². The van der Waals surface area contributed by atoms with E-state index in [0.717, 1.165) is 19.5 Å². The highest BCUT2D eigenvalue weighted by Gasteiger charge is 2.01. The molecule has 0 bridgehead atoms. The SMILES string of the molecule is CC/C(=C\C=C(/C)NC)N(C)CCN(C)C. The number of allylic oxidation sites excluding steroid dienone is 4. The summed E-state index contributed by atoms with van der Waals surface area (Å²) in [6, 6.07) is 0. The van der Waals surface area contributed by atoms with Crippen LogP contribution in [0.25, 0.3) is 0 Å². The largest absolute Gasteiger partial charge is 0.392 e. The van der Waals surface area contributed by atoms with Gasteiger partial charge in [0.25, 0.3) is 0 Å². The van der Waals surface area contributed by atoms with Gasteiger partial charge in [-0.15, -0.1) is 0 Å². The molecule has 0 aromatic heterocycles. The number of hydrogen-bond acceptors (Lipinski definition) is 3. The normalized spacial score (nSPS) is 13.2. The summed E-state index contributed by atoms with van der Waals surface area (Å²) < 4.78 is 0. The Kier molecular flexibility index (Phi) is 7.73. The van der Waals surface area contributed by atoms with Crippen LogP contribution in [0.4, 0.5) is 0 Å². The van der Waals surface area contributed by atoms with Gasteiger partial charge in [-0.25, -0.2) is 0 Å². The molecule has 0 atom stereocenters. The number of rotatable bonds is 7. The average molecular weight is 225 g/mol. The van der Waals surface area contributed by atoms with E-state index in [0.29, 0.717) is 0 Å². The Balaban J connectivity index is 4.36. The summed E-state index contributed by atoms with van der Waals surface area (Å²) in [4.78, 5) is 4.53. The maximum atomic E-state index is 3.12. The summed E-state index contributed by atoms with van der Waals surface area (Å²) in [5.41, 5.74) is 2.56. The van der Waals surface area contributed by atoms with Crippen molar-refractivity contribution >= 4 is 0 Å². The molecule has 1 N–H and O–H groups in total. The maximum Gasteiger partial charge on any atom is 0.0299 e. The molecule has 0 rings (SSSR count). The Bertz CT molecular complexity index is 242. The lowest BCUT2D eigenvalue weighted by Gasteiger charge is -2.23. The highest BCUT2D eigenvalue weighted by molar-refractivity contribution is 5.14. The molecular weight excluding hydrogens is 198 g/mol. The molecule has 0 fully saturated rings. The van der Waals surface area contributed by atoms with Gasteiger partial charge in [-0.2, -0.15) is 0 Å². The molecule has 0 saturated heterocycles. The van der Waals surface area contributed by atoms with E-state index < -0.39 is 0 Å². The summed E-state index contributed by atoms with van der Waals surface area (Å²) in [5, 5.41) is 3.12. The Morgan fingerprint density at radius 1 is 1.12 bits per heavy atom. The van der Waals surface area contributed by atoms with E-state index in [2.05, 4.69) is 62.3 Å². The second kappa shape index (κ2) is 8.22. The molecule has 0 aromatic rings.